The van der Waals surface area contributed by atoms with Crippen molar-refractivity contribution in [3.05, 3.63) is 40.1 Å². The Labute approximate surface area is 129 Å². The van der Waals surface area contributed by atoms with Crippen molar-refractivity contribution in [2.45, 2.75) is 39.2 Å². The lowest BCUT2D eigenvalue weighted by Gasteiger charge is -2.18. The summed E-state index contributed by atoms with van der Waals surface area (Å²) in [6.45, 7) is 3.89. The molecular formula is C16H21N3OS. The second-order valence-electron chi connectivity index (χ2n) is 5.81. The van der Waals surface area contributed by atoms with Crippen LogP contribution in [0.2, 0.25) is 0 Å². The third kappa shape index (κ3) is 3.35. The van der Waals surface area contributed by atoms with E-state index in [1.807, 2.05) is 16.1 Å². The number of carbonyl (C=O) groups is 1. The quantitative estimate of drug-likeness (QED) is 0.863. The molecule has 0 radical (unpaired) electrons. The van der Waals surface area contributed by atoms with Gasteiger partial charge in [-0.3, -0.25) is 4.79 Å². The molecule has 4 nitrogen and oxygen atoms in total. The molecule has 1 atom stereocenters. The third-order valence-electron chi connectivity index (χ3n) is 4.08. The highest BCUT2D eigenvalue weighted by atomic mass is 32.1. The molecule has 1 N–H and O–H groups in total. The van der Waals surface area contributed by atoms with E-state index in [0.717, 1.165) is 37.3 Å². The van der Waals surface area contributed by atoms with Gasteiger partial charge in [0.1, 0.15) is 0 Å². The molecule has 0 aliphatic heterocycles. The van der Waals surface area contributed by atoms with E-state index in [-0.39, 0.29) is 5.91 Å². The first-order valence-electron chi connectivity index (χ1n) is 7.57. The zero-order chi connectivity index (χ0) is 14.7. The van der Waals surface area contributed by atoms with Gasteiger partial charge in [-0.15, -0.1) is 11.3 Å². The van der Waals surface area contributed by atoms with E-state index in [1.165, 1.54) is 16.9 Å². The highest BCUT2D eigenvalue weighted by molar-refractivity contribution is 7.10. The van der Waals surface area contributed by atoms with Gasteiger partial charge in [0, 0.05) is 35.7 Å². The number of hydrogen-bond donors (Lipinski definition) is 1. The molecular weight excluding hydrogens is 282 g/mol. The van der Waals surface area contributed by atoms with Crippen LogP contribution >= 0.6 is 11.3 Å². The van der Waals surface area contributed by atoms with Gasteiger partial charge in [0.05, 0.1) is 11.9 Å². The first kappa shape index (κ1) is 14.3. The van der Waals surface area contributed by atoms with Crippen molar-refractivity contribution in [3.63, 3.8) is 0 Å². The van der Waals surface area contributed by atoms with Gasteiger partial charge in [-0.05, 0) is 37.2 Å². The molecule has 1 unspecified atom stereocenters. The monoisotopic (exact) mass is 303 g/mol. The number of nitrogens with zero attached hydrogens (tertiary/aromatic N) is 2. The van der Waals surface area contributed by atoms with Gasteiger partial charge in [0.15, 0.2) is 0 Å². The zero-order valence-electron chi connectivity index (χ0n) is 12.3. The number of aryl methyl sites for hydroxylation is 1. The van der Waals surface area contributed by atoms with E-state index < -0.39 is 0 Å². The SMILES string of the molecule is CC1CCc2c(C(=O)NCCCn3ccnc3)csc2C1. The predicted molar refractivity (Wildman–Crippen MR) is 84.7 cm³/mol. The van der Waals surface area contributed by atoms with Crippen LogP contribution in [-0.2, 0) is 19.4 Å². The number of nitrogens with one attached hydrogen (secondary N) is 1. The minimum atomic E-state index is 0.0904. The third-order valence-corrected chi connectivity index (χ3v) is 5.14. The molecule has 112 valence electrons. The van der Waals surface area contributed by atoms with Crippen LogP contribution in [0.25, 0.3) is 0 Å². The Morgan fingerprint density at radius 3 is 3.29 bits per heavy atom. The molecule has 2 heterocycles. The van der Waals surface area contributed by atoms with Crippen LogP contribution < -0.4 is 5.32 Å². The van der Waals surface area contributed by atoms with Gasteiger partial charge in [0.2, 0.25) is 0 Å². The fraction of sp³-hybridized carbons (Fsp3) is 0.500. The lowest BCUT2D eigenvalue weighted by Crippen LogP contribution is -2.26. The number of hydrogen-bond acceptors (Lipinski definition) is 3. The van der Waals surface area contributed by atoms with Crippen LogP contribution in [0, 0.1) is 5.92 Å². The van der Waals surface area contributed by atoms with E-state index in [4.69, 9.17) is 0 Å². The van der Waals surface area contributed by atoms with Gasteiger partial charge in [0.25, 0.3) is 5.91 Å². The number of thiophene rings is 1. The lowest BCUT2D eigenvalue weighted by atomic mass is 9.88. The Morgan fingerprint density at radius 2 is 2.48 bits per heavy atom. The van der Waals surface area contributed by atoms with E-state index in [1.54, 1.807) is 23.9 Å². The normalized spacial score (nSPS) is 17.5. The average molecular weight is 303 g/mol. The summed E-state index contributed by atoms with van der Waals surface area (Å²) in [5, 5.41) is 5.08. The number of rotatable bonds is 5. The average Bonchev–Trinajstić information content (AvgIpc) is 3.12. The van der Waals surface area contributed by atoms with Crippen LogP contribution in [0.5, 0.6) is 0 Å². The minimum absolute atomic E-state index is 0.0904. The molecule has 5 heteroatoms. The largest absolute Gasteiger partial charge is 0.352 e. The fourth-order valence-electron chi connectivity index (χ4n) is 2.85. The summed E-state index contributed by atoms with van der Waals surface area (Å²) >= 11 is 1.75. The molecule has 2 aromatic heterocycles. The minimum Gasteiger partial charge on any atom is -0.352 e. The molecule has 0 aromatic carbocycles. The van der Waals surface area contributed by atoms with Crippen molar-refractivity contribution in [1.29, 1.82) is 0 Å². The first-order chi connectivity index (χ1) is 10.2. The molecule has 0 saturated carbocycles. The summed E-state index contributed by atoms with van der Waals surface area (Å²) in [6, 6.07) is 0. The number of carbonyl (C=O) groups excluding carboxylic acids is 1. The summed E-state index contributed by atoms with van der Waals surface area (Å²) in [5.41, 5.74) is 2.20. The molecule has 1 aliphatic carbocycles. The van der Waals surface area contributed by atoms with E-state index in [2.05, 4.69) is 17.2 Å². The van der Waals surface area contributed by atoms with Crippen molar-refractivity contribution in [2.75, 3.05) is 6.54 Å². The van der Waals surface area contributed by atoms with Gasteiger partial charge < -0.3 is 9.88 Å². The topological polar surface area (TPSA) is 46.9 Å². The van der Waals surface area contributed by atoms with Crippen LogP contribution in [0.3, 0.4) is 0 Å². The summed E-state index contributed by atoms with van der Waals surface area (Å²) < 4.78 is 2.03. The Kier molecular flexibility index (Phi) is 4.39. The Balaban J connectivity index is 1.52. The Bertz CT molecular complexity index is 603. The summed E-state index contributed by atoms with van der Waals surface area (Å²) in [6.07, 6.45) is 9.83. The molecule has 21 heavy (non-hydrogen) atoms. The molecule has 3 rings (SSSR count). The number of amides is 1. The zero-order valence-corrected chi connectivity index (χ0v) is 13.2. The smallest absolute Gasteiger partial charge is 0.252 e. The van der Waals surface area contributed by atoms with E-state index >= 15 is 0 Å². The van der Waals surface area contributed by atoms with Crippen LogP contribution in [0.15, 0.2) is 24.1 Å². The van der Waals surface area contributed by atoms with Gasteiger partial charge in [-0.25, -0.2) is 4.98 Å². The van der Waals surface area contributed by atoms with E-state index in [0.29, 0.717) is 6.54 Å². The van der Waals surface area contributed by atoms with Crippen molar-refractivity contribution >= 4 is 17.2 Å². The van der Waals surface area contributed by atoms with Crippen LogP contribution in [0.1, 0.15) is 40.6 Å². The standard InChI is InChI=1S/C16H21N3OS/c1-12-3-4-13-14(10-21-15(13)9-12)16(20)18-5-2-7-19-8-6-17-11-19/h6,8,10-12H,2-5,7,9H2,1H3,(H,18,20). The maximum Gasteiger partial charge on any atom is 0.252 e. The molecule has 2 aromatic rings. The molecule has 1 amide bonds. The maximum atomic E-state index is 12.3. The summed E-state index contributed by atoms with van der Waals surface area (Å²) in [7, 11) is 0. The Morgan fingerprint density at radius 1 is 1.57 bits per heavy atom. The van der Waals surface area contributed by atoms with Crippen LogP contribution in [-0.4, -0.2) is 22.0 Å². The summed E-state index contributed by atoms with van der Waals surface area (Å²) in [4.78, 5) is 17.7. The molecule has 1 aliphatic rings. The van der Waals surface area contributed by atoms with Crippen molar-refractivity contribution in [1.82, 2.24) is 14.9 Å². The molecule has 0 spiro atoms. The maximum absolute atomic E-state index is 12.3. The highest BCUT2D eigenvalue weighted by Crippen LogP contribution is 2.32. The molecule has 0 saturated heterocycles. The van der Waals surface area contributed by atoms with E-state index in [9.17, 15) is 4.79 Å². The number of imidazole rings is 1. The van der Waals surface area contributed by atoms with Gasteiger partial charge in [-0.1, -0.05) is 6.92 Å². The van der Waals surface area contributed by atoms with Crippen LogP contribution in [0.4, 0.5) is 0 Å². The summed E-state index contributed by atoms with van der Waals surface area (Å²) in [5.74, 6) is 0.843. The molecule has 0 bridgehead atoms. The lowest BCUT2D eigenvalue weighted by molar-refractivity contribution is 0.0952. The van der Waals surface area contributed by atoms with Crippen molar-refractivity contribution in [2.24, 2.45) is 5.92 Å². The number of fused-ring (bicyclic) bond motifs is 1. The number of aromatic nitrogens is 2. The van der Waals surface area contributed by atoms with Gasteiger partial charge >= 0.3 is 0 Å². The molecule has 0 fully saturated rings. The van der Waals surface area contributed by atoms with Gasteiger partial charge in [-0.2, -0.15) is 0 Å². The second-order valence-corrected chi connectivity index (χ2v) is 6.77. The Hall–Kier alpha value is -1.62. The van der Waals surface area contributed by atoms with Crippen molar-refractivity contribution < 1.29 is 4.79 Å². The highest BCUT2D eigenvalue weighted by Gasteiger charge is 2.22. The van der Waals surface area contributed by atoms with Crippen molar-refractivity contribution in [3.8, 4) is 0 Å². The fourth-order valence-corrected chi connectivity index (χ4v) is 4.09. The second kappa shape index (κ2) is 6.43. The predicted octanol–water partition coefficient (Wildman–Crippen LogP) is 2.89. The first-order valence-corrected chi connectivity index (χ1v) is 8.45.